The third kappa shape index (κ3) is 4.31. The monoisotopic (exact) mass is 400 g/mol. The molecule has 0 aliphatic carbocycles. The van der Waals surface area contributed by atoms with Crippen LogP contribution in [0.4, 0.5) is 18.0 Å². The van der Waals surface area contributed by atoms with Crippen molar-refractivity contribution in [2.45, 2.75) is 52.1 Å². The molecule has 0 unspecified atom stereocenters. The van der Waals surface area contributed by atoms with Gasteiger partial charge in [-0.3, -0.25) is 9.48 Å². The molecule has 1 aromatic heterocycles. The Bertz CT molecular complexity index is 823. The third-order valence-electron chi connectivity index (χ3n) is 4.40. The van der Waals surface area contributed by atoms with Gasteiger partial charge >= 0.3 is 12.3 Å². The summed E-state index contributed by atoms with van der Waals surface area (Å²) < 4.78 is 45.5. The summed E-state index contributed by atoms with van der Waals surface area (Å²) in [6.45, 7) is 8.05. The summed E-state index contributed by atoms with van der Waals surface area (Å²) in [7, 11) is 0. The first-order valence-electron chi connectivity index (χ1n) is 8.93. The zero-order chi connectivity index (χ0) is 20.9. The molecule has 0 radical (unpaired) electrons. The van der Waals surface area contributed by atoms with E-state index in [1.807, 2.05) is 0 Å². The number of carbonyl (C=O) groups is 2. The predicted octanol–water partition coefficient (Wildman–Crippen LogP) is 2.75. The number of hydrogen-bond acceptors (Lipinski definition) is 4. The number of ether oxygens (including phenoxy) is 1. The van der Waals surface area contributed by atoms with Crippen molar-refractivity contribution in [3.8, 4) is 0 Å². The van der Waals surface area contributed by atoms with Gasteiger partial charge in [0.2, 0.25) is 0 Å². The highest BCUT2D eigenvalue weighted by Gasteiger charge is 2.39. The van der Waals surface area contributed by atoms with E-state index in [0.29, 0.717) is 29.8 Å². The van der Waals surface area contributed by atoms with Gasteiger partial charge in [-0.25, -0.2) is 4.79 Å². The molecule has 1 aromatic rings. The van der Waals surface area contributed by atoms with Gasteiger partial charge in [0.15, 0.2) is 0 Å². The standard InChI is InChI=1S/C18H23F3N4O3/c1-11-7-24(10-18(19,20)21)15(26)14-12-9-23(16(27)28-17(2,3)4)6-5-13(12)22-25(14)8-11/h1,5-10H2,2-4H3. The Labute approximate surface area is 160 Å². The predicted molar refractivity (Wildman–Crippen MR) is 93.7 cm³/mol. The minimum absolute atomic E-state index is 0.0671. The van der Waals surface area contributed by atoms with Gasteiger partial charge in [-0.1, -0.05) is 6.58 Å². The second kappa shape index (κ2) is 6.82. The summed E-state index contributed by atoms with van der Waals surface area (Å²) >= 11 is 0. The van der Waals surface area contributed by atoms with E-state index in [0.717, 1.165) is 4.90 Å². The number of nitrogens with zero attached hydrogens (tertiary/aromatic N) is 4. The summed E-state index contributed by atoms with van der Waals surface area (Å²) in [6.07, 6.45) is -4.66. The number of alkyl halides is 3. The largest absolute Gasteiger partial charge is 0.444 e. The molecule has 0 saturated heterocycles. The van der Waals surface area contributed by atoms with Crippen LogP contribution < -0.4 is 0 Å². The number of halogens is 3. The average Bonchev–Trinajstić information content (AvgIpc) is 2.81. The number of carbonyl (C=O) groups excluding carboxylic acids is 2. The van der Waals surface area contributed by atoms with E-state index in [2.05, 4.69) is 11.7 Å². The Balaban J connectivity index is 1.92. The second-order valence-electron chi connectivity index (χ2n) is 8.11. The van der Waals surface area contributed by atoms with Gasteiger partial charge in [-0.05, 0) is 26.3 Å². The smallest absolute Gasteiger partial charge is 0.410 e. The van der Waals surface area contributed by atoms with Crippen molar-refractivity contribution in [3.63, 3.8) is 0 Å². The Morgan fingerprint density at radius 1 is 1.21 bits per heavy atom. The molecule has 0 saturated carbocycles. The van der Waals surface area contributed by atoms with Gasteiger partial charge in [0.1, 0.15) is 17.8 Å². The molecule has 3 rings (SSSR count). The number of fused-ring (bicyclic) bond motifs is 3. The summed E-state index contributed by atoms with van der Waals surface area (Å²) in [4.78, 5) is 27.4. The van der Waals surface area contributed by atoms with Crippen molar-refractivity contribution >= 4 is 12.0 Å². The van der Waals surface area contributed by atoms with E-state index < -0.39 is 30.3 Å². The lowest BCUT2D eigenvalue weighted by molar-refractivity contribution is -0.139. The van der Waals surface area contributed by atoms with Gasteiger partial charge in [0.05, 0.1) is 18.8 Å². The molecule has 0 atom stereocenters. The number of amides is 2. The molecular weight excluding hydrogens is 377 g/mol. The summed E-state index contributed by atoms with van der Waals surface area (Å²) in [5.74, 6) is -0.754. The van der Waals surface area contributed by atoms with Crippen LogP contribution in [0.3, 0.4) is 0 Å². The zero-order valence-electron chi connectivity index (χ0n) is 16.1. The van der Waals surface area contributed by atoms with Crippen LogP contribution in [0.1, 0.15) is 42.5 Å². The van der Waals surface area contributed by atoms with E-state index in [4.69, 9.17) is 4.74 Å². The fourth-order valence-corrected chi connectivity index (χ4v) is 3.36. The van der Waals surface area contributed by atoms with E-state index in [1.165, 1.54) is 9.58 Å². The molecule has 0 bridgehead atoms. The van der Waals surface area contributed by atoms with Crippen LogP contribution in [0.25, 0.3) is 0 Å². The van der Waals surface area contributed by atoms with Crippen LogP contribution in [0.15, 0.2) is 12.2 Å². The van der Waals surface area contributed by atoms with E-state index in [-0.39, 0.29) is 25.3 Å². The normalized spacial score (nSPS) is 17.9. The Morgan fingerprint density at radius 3 is 2.50 bits per heavy atom. The third-order valence-corrected chi connectivity index (χ3v) is 4.40. The lowest BCUT2D eigenvalue weighted by Gasteiger charge is -2.30. The van der Waals surface area contributed by atoms with Gasteiger partial charge < -0.3 is 14.5 Å². The molecule has 154 valence electrons. The summed E-state index contributed by atoms with van der Waals surface area (Å²) in [5, 5.41) is 4.40. The topological polar surface area (TPSA) is 67.7 Å². The van der Waals surface area contributed by atoms with Crippen molar-refractivity contribution in [3.05, 3.63) is 29.1 Å². The quantitative estimate of drug-likeness (QED) is 0.680. The summed E-state index contributed by atoms with van der Waals surface area (Å²) in [5.41, 5.74) is 0.963. The first-order chi connectivity index (χ1) is 12.8. The molecule has 0 spiro atoms. The highest BCUT2D eigenvalue weighted by molar-refractivity contribution is 5.95. The minimum atomic E-state index is -4.52. The Morgan fingerprint density at radius 2 is 1.89 bits per heavy atom. The molecule has 2 aliphatic heterocycles. The van der Waals surface area contributed by atoms with Crippen molar-refractivity contribution in [1.29, 1.82) is 0 Å². The maximum absolute atomic E-state index is 12.9. The van der Waals surface area contributed by atoms with E-state index >= 15 is 0 Å². The molecular formula is C18H23F3N4O3. The molecule has 28 heavy (non-hydrogen) atoms. The Hall–Kier alpha value is -2.52. The lowest BCUT2D eigenvalue weighted by Crippen LogP contribution is -2.42. The number of rotatable bonds is 1. The van der Waals surface area contributed by atoms with Crippen molar-refractivity contribution in [1.82, 2.24) is 19.6 Å². The molecule has 3 heterocycles. The van der Waals surface area contributed by atoms with Crippen LogP contribution >= 0.6 is 0 Å². The molecule has 0 aromatic carbocycles. The number of aromatic nitrogens is 2. The van der Waals surface area contributed by atoms with Crippen LogP contribution in [-0.2, 0) is 24.2 Å². The first kappa shape index (κ1) is 20.2. The van der Waals surface area contributed by atoms with Gasteiger partial charge in [0.25, 0.3) is 5.91 Å². The zero-order valence-corrected chi connectivity index (χ0v) is 16.1. The number of hydrogen-bond donors (Lipinski definition) is 0. The van der Waals surface area contributed by atoms with Crippen LogP contribution in [0.5, 0.6) is 0 Å². The maximum Gasteiger partial charge on any atom is 0.410 e. The fraction of sp³-hybridized carbons (Fsp3) is 0.611. The fourth-order valence-electron chi connectivity index (χ4n) is 3.36. The summed E-state index contributed by atoms with van der Waals surface area (Å²) in [6, 6.07) is 0. The van der Waals surface area contributed by atoms with Gasteiger partial charge in [-0.15, -0.1) is 0 Å². The molecule has 10 heteroatoms. The lowest BCUT2D eigenvalue weighted by atomic mass is 10.0. The minimum Gasteiger partial charge on any atom is -0.444 e. The SMILES string of the molecule is C=C1CN(CC(F)(F)F)C(=O)c2c3c(nn2C1)CCN(C(=O)OC(C)(C)C)C3. The van der Waals surface area contributed by atoms with Gasteiger partial charge in [-0.2, -0.15) is 18.3 Å². The molecule has 2 amide bonds. The van der Waals surface area contributed by atoms with Crippen LogP contribution in [-0.4, -0.2) is 63.0 Å². The molecule has 0 N–H and O–H groups in total. The first-order valence-corrected chi connectivity index (χ1v) is 8.93. The molecule has 2 aliphatic rings. The van der Waals surface area contributed by atoms with Gasteiger partial charge in [0, 0.05) is 25.1 Å². The molecule has 7 nitrogen and oxygen atoms in total. The molecule has 0 fully saturated rings. The highest BCUT2D eigenvalue weighted by Crippen LogP contribution is 2.29. The van der Waals surface area contributed by atoms with Crippen molar-refractivity contribution in [2.24, 2.45) is 0 Å². The maximum atomic E-state index is 12.9. The van der Waals surface area contributed by atoms with Crippen molar-refractivity contribution in [2.75, 3.05) is 19.6 Å². The van der Waals surface area contributed by atoms with Crippen LogP contribution in [0, 0.1) is 0 Å². The van der Waals surface area contributed by atoms with Crippen molar-refractivity contribution < 1.29 is 27.5 Å². The highest BCUT2D eigenvalue weighted by atomic mass is 19.4. The van der Waals surface area contributed by atoms with Crippen LogP contribution in [0.2, 0.25) is 0 Å². The van der Waals surface area contributed by atoms with E-state index in [9.17, 15) is 22.8 Å². The average molecular weight is 400 g/mol. The Kier molecular flexibility index (Phi) is 4.93. The van der Waals surface area contributed by atoms with E-state index in [1.54, 1.807) is 20.8 Å². The second-order valence-corrected chi connectivity index (χ2v) is 8.11.